The molecule has 1 fully saturated rings. The van der Waals surface area contributed by atoms with Crippen LogP contribution in [0.1, 0.15) is 34.9 Å². The number of aliphatic hydroxyl groups excluding tert-OH is 1. The van der Waals surface area contributed by atoms with Crippen LogP contribution in [0.2, 0.25) is 0 Å². The first-order valence-electron chi connectivity index (χ1n) is 7.34. The van der Waals surface area contributed by atoms with Crippen molar-refractivity contribution in [3.63, 3.8) is 0 Å². The van der Waals surface area contributed by atoms with E-state index in [2.05, 4.69) is 15.6 Å². The topological polar surface area (TPSA) is 74.2 Å². The lowest BCUT2D eigenvalue weighted by molar-refractivity contribution is 0.0794. The number of benzene rings is 1. The molecule has 0 bridgehead atoms. The molecule has 1 atom stereocenters. The predicted octanol–water partition coefficient (Wildman–Crippen LogP) is 2.12. The first-order chi connectivity index (χ1) is 10.6. The Morgan fingerprint density at radius 1 is 1.23 bits per heavy atom. The molecule has 22 heavy (non-hydrogen) atoms. The molecule has 1 aliphatic carbocycles. The molecule has 0 radical (unpaired) electrons. The molecule has 114 valence electrons. The quantitative estimate of drug-likeness (QED) is 0.790. The van der Waals surface area contributed by atoms with Gasteiger partial charge in [-0.3, -0.25) is 4.79 Å². The summed E-state index contributed by atoms with van der Waals surface area (Å²) in [6.45, 7) is 0. The lowest BCUT2D eigenvalue weighted by atomic mass is 10.00. The van der Waals surface area contributed by atoms with Crippen molar-refractivity contribution in [2.75, 3.05) is 12.4 Å². The van der Waals surface area contributed by atoms with Gasteiger partial charge >= 0.3 is 0 Å². The average molecular weight is 297 g/mol. The fourth-order valence-electron chi connectivity index (χ4n) is 2.53. The van der Waals surface area contributed by atoms with E-state index < -0.39 is 11.6 Å². The average Bonchev–Trinajstić information content (AvgIpc) is 3.35. The Morgan fingerprint density at radius 2 is 1.95 bits per heavy atom. The minimum absolute atomic E-state index is 0.206. The van der Waals surface area contributed by atoms with E-state index >= 15 is 0 Å². The van der Waals surface area contributed by atoms with Crippen molar-refractivity contribution in [3.8, 4) is 0 Å². The summed E-state index contributed by atoms with van der Waals surface area (Å²) in [5.41, 5.74) is 0.759. The predicted molar refractivity (Wildman–Crippen MR) is 84.6 cm³/mol. The molecular formula is C17H19N3O2. The lowest BCUT2D eigenvalue weighted by Gasteiger charge is -2.24. The van der Waals surface area contributed by atoms with E-state index in [0.29, 0.717) is 11.4 Å². The van der Waals surface area contributed by atoms with Gasteiger partial charge in [-0.05, 0) is 30.5 Å². The van der Waals surface area contributed by atoms with Gasteiger partial charge in [0.1, 0.15) is 11.9 Å². The monoisotopic (exact) mass is 297 g/mol. The van der Waals surface area contributed by atoms with Gasteiger partial charge in [-0.15, -0.1) is 0 Å². The number of carbonyl (C=O) groups excluding carboxylic acids is 1. The molecule has 1 amide bonds. The molecule has 3 N–H and O–H groups in total. The first kappa shape index (κ1) is 14.5. The minimum Gasteiger partial charge on any atom is -0.386 e. The number of anilines is 1. The van der Waals surface area contributed by atoms with Gasteiger partial charge in [-0.2, -0.15) is 0 Å². The summed E-state index contributed by atoms with van der Waals surface area (Å²) in [4.78, 5) is 16.5. The van der Waals surface area contributed by atoms with Crippen LogP contribution in [0, 0.1) is 0 Å². The summed E-state index contributed by atoms with van der Waals surface area (Å²) in [7, 11) is 1.78. The summed E-state index contributed by atoms with van der Waals surface area (Å²) in [5.74, 6) is 0.504. The molecule has 5 heteroatoms. The highest BCUT2D eigenvalue weighted by molar-refractivity contribution is 5.94. The highest BCUT2D eigenvalue weighted by atomic mass is 16.3. The van der Waals surface area contributed by atoms with E-state index in [1.54, 1.807) is 19.2 Å². The molecule has 1 saturated carbocycles. The lowest BCUT2D eigenvalue weighted by Crippen LogP contribution is -2.41. The van der Waals surface area contributed by atoms with Crippen molar-refractivity contribution in [3.05, 3.63) is 59.8 Å². The number of hydrogen-bond acceptors (Lipinski definition) is 4. The minimum atomic E-state index is -0.692. The third-order valence-electron chi connectivity index (χ3n) is 4.07. The van der Waals surface area contributed by atoms with Gasteiger partial charge in [0.15, 0.2) is 0 Å². The Hall–Kier alpha value is -2.40. The van der Waals surface area contributed by atoms with Gasteiger partial charge in [0.05, 0.1) is 11.1 Å². The van der Waals surface area contributed by atoms with Crippen LogP contribution in [0.15, 0.2) is 48.7 Å². The summed E-state index contributed by atoms with van der Waals surface area (Å²) in [6.07, 6.45) is 2.39. The number of aromatic nitrogens is 1. The van der Waals surface area contributed by atoms with E-state index in [9.17, 15) is 9.90 Å². The molecule has 1 heterocycles. The standard InChI is InChI=1S/C17H19N3O2/c1-18-14-8-7-13(11-19-14)16(22)20-17(9-10-17)15(21)12-5-3-2-4-6-12/h2-8,11,15,21H,9-10H2,1H3,(H,18,19)(H,20,22). The number of nitrogens with one attached hydrogen (secondary N) is 2. The van der Waals surface area contributed by atoms with Crippen LogP contribution in [0.4, 0.5) is 5.82 Å². The number of pyridine rings is 1. The van der Waals surface area contributed by atoms with Gasteiger partial charge in [0.2, 0.25) is 0 Å². The SMILES string of the molecule is CNc1ccc(C(=O)NC2(C(O)c3ccccc3)CC2)cn1. The van der Waals surface area contributed by atoms with Gasteiger partial charge in [0, 0.05) is 13.2 Å². The molecule has 2 aromatic rings. The van der Waals surface area contributed by atoms with E-state index in [-0.39, 0.29) is 5.91 Å². The number of carbonyl (C=O) groups is 1. The van der Waals surface area contributed by atoms with Crippen LogP contribution >= 0.6 is 0 Å². The maximum Gasteiger partial charge on any atom is 0.253 e. The third kappa shape index (κ3) is 2.80. The van der Waals surface area contributed by atoms with Crippen molar-refractivity contribution >= 4 is 11.7 Å². The van der Waals surface area contributed by atoms with Gasteiger partial charge < -0.3 is 15.7 Å². The van der Waals surface area contributed by atoms with Crippen molar-refractivity contribution in [1.29, 1.82) is 0 Å². The molecule has 1 aromatic heterocycles. The third-order valence-corrected chi connectivity index (χ3v) is 4.07. The highest BCUT2D eigenvalue weighted by Crippen LogP contribution is 2.46. The highest BCUT2D eigenvalue weighted by Gasteiger charge is 2.50. The van der Waals surface area contributed by atoms with E-state index in [1.165, 1.54) is 6.20 Å². The first-order valence-corrected chi connectivity index (χ1v) is 7.34. The molecule has 3 rings (SSSR count). The fraction of sp³-hybridized carbons (Fsp3) is 0.294. The Morgan fingerprint density at radius 3 is 2.50 bits per heavy atom. The van der Waals surface area contributed by atoms with Crippen molar-refractivity contribution in [2.24, 2.45) is 0 Å². The molecule has 1 unspecified atom stereocenters. The number of nitrogens with zero attached hydrogens (tertiary/aromatic N) is 1. The number of amides is 1. The molecule has 1 aliphatic rings. The summed E-state index contributed by atoms with van der Waals surface area (Å²) in [5, 5.41) is 16.4. The van der Waals surface area contributed by atoms with E-state index in [0.717, 1.165) is 18.4 Å². The second-order valence-electron chi connectivity index (χ2n) is 5.61. The molecule has 0 aliphatic heterocycles. The fourth-order valence-corrected chi connectivity index (χ4v) is 2.53. The summed E-state index contributed by atoms with van der Waals surface area (Å²) < 4.78 is 0. The zero-order valence-electron chi connectivity index (χ0n) is 12.4. The van der Waals surface area contributed by atoms with Crippen LogP contribution in [0.5, 0.6) is 0 Å². The number of aliphatic hydroxyl groups is 1. The molecule has 1 aromatic carbocycles. The van der Waals surface area contributed by atoms with Gasteiger partial charge in [-0.1, -0.05) is 30.3 Å². The largest absolute Gasteiger partial charge is 0.386 e. The molecule has 0 spiro atoms. The summed E-state index contributed by atoms with van der Waals surface area (Å²) in [6, 6.07) is 12.9. The number of hydrogen-bond donors (Lipinski definition) is 3. The molecule has 5 nitrogen and oxygen atoms in total. The van der Waals surface area contributed by atoms with Crippen LogP contribution < -0.4 is 10.6 Å². The van der Waals surface area contributed by atoms with Crippen LogP contribution in [0.25, 0.3) is 0 Å². The Balaban J connectivity index is 1.72. The second kappa shape index (κ2) is 5.77. The Kier molecular flexibility index (Phi) is 3.81. The Labute approximate surface area is 129 Å². The molecular weight excluding hydrogens is 278 g/mol. The van der Waals surface area contributed by atoms with Crippen molar-refractivity contribution in [2.45, 2.75) is 24.5 Å². The van der Waals surface area contributed by atoms with Crippen LogP contribution in [-0.2, 0) is 0 Å². The Bertz CT molecular complexity index is 651. The van der Waals surface area contributed by atoms with Crippen LogP contribution in [0.3, 0.4) is 0 Å². The second-order valence-corrected chi connectivity index (χ2v) is 5.61. The normalized spacial score (nSPS) is 16.6. The van der Waals surface area contributed by atoms with Crippen molar-refractivity contribution in [1.82, 2.24) is 10.3 Å². The molecule has 0 saturated heterocycles. The summed E-state index contributed by atoms with van der Waals surface area (Å²) >= 11 is 0. The maximum atomic E-state index is 12.4. The van der Waals surface area contributed by atoms with Gasteiger partial charge in [0.25, 0.3) is 5.91 Å². The zero-order chi connectivity index (χ0) is 15.6. The zero-order valence-corrected chi connectivity index (χ0v) is 12.4. The van der Waals surface area contributed by atoms with Crippen LogP contribution in [-0.4, -0.2) is 28.6 Å². The number of rotatable bonds is 5. The van der Waals surface area contributed by atoms with Crippen molar-refractivity contribution < 1.29 is 9.90 Å². The van der Waals surface area contributed by atoms with E-state index in [1.807, 2.05) is 30.3 Å². The smallest absolute Gasteiger partial charge is 0.253 e. The van der Waals surface area contributed by atoms with Gasteiger partial charge in [-0.25, -0.2) is 4.98 Å². The van der Waals surface area contributed by atoms with E-state index in [4.69, 9.17) is 0 Å². The maximum absolute atomic E-state index is 12.4.